The zero-order valence-electron chi connectivity index (χ0n) is 18.7. The summed E-state index contributed by atoms with van der Waals surface area (Å²) in [4.78, 5) is 0. The summed E-state index contributed by atoms with van der Waals surface area (Å²) in [5.41, 5.74) is 3.55. The van der Waals surface area contributed by atoms with Gasteiger partial charge in [-0.05, 0) is 29.5 Å². The molecule has 1 saturated heterocycles. The van der Waals surface area contributed by atoms with Crippen molar-refractivity contribution in [1.29, 1.82) is 0 Å². The Kier molecular flexibility index (Phi) is 13.4. The van der Waals surface area contributed by atoms with Crippen LogP contribution in [0.25, 0.3) is 0 Å². The number of rotatable bonds is 7. The topological polar surface area (TPSA) is 58.9 Å². The van der Waals surface area contributed by atoms with E-state index in [4.69, 9.17) is 19.7 Å². The summed E-state index contributed by atoms with van der Waals surface area (Å²) >= 11 is 1.90. The van der Waals surface area contributed by atoms with Crippen molar-refractivity contribution in [3.63, 3.8) is 0 Å². The van der Waals surface area contributed by atoms with Crippen molar-refractivity contribution in [3.05, 3.63) is 108 Å². The van der Waals surface area contributed by atoms with Gasteiger partial charge >= 0.3 is 0 Å². The van der Waals surface area contributed by atoms with Crippen molar-refractivity contribution >= 4 is 11.8 Å². The molecule has 0 amide bonds. The Morgan fingerprint density at radius 3 is 1.56 bits per heavy atom. The van der Waals surface area contributed by atoms with E-state index in [0.29, 0.717) is 10.7 Å². The van der Waals surface area contributed by atoms with E-state index in [1.165, 1.54) is 12.0 Å². The highest BCUT2D eigenvalue weighted by atomic mass is 32.2. The first-order valence-corrected chi connectivity index (χ1v) is 11.8. The SMILES string of the molecule is COC1CCC(COCc2ccccc2)S1.OCc1ccccc1.OCc1ccccc1. The van der Waals surface area contributed by atoms with E-state index in [0.717, 1.165) is 30.8 Å². The standard InChI is InChI=1S/C13H18O2S.2C7H8O/c1-14-13-8-7-12(16-13)10-15-9-11-5-3-2-4-6-11;2*8-6-7-4-2-1-3-5-7/h2-6,12-13H,7-10H2,1H3;2*1-5,8H,6H2. The normalized spacial score (nSPS) is 17.0. The fourth-order valence-electron chi connectivity index (χ4n) is 3.02. The molecule has 0 bridgehead atoms. The van der Waals surface area contributed by atoms with Crippen LogP contribution in [0.3, 0.4) is 0 Å². The third-order valence-corrected chi connectivity index (χ3v) is 6.29. The van der Waals surface area contributed by atoms with Gasteiger partial charge < -0.3 is 19.7 Å². The van der Waals surface area contributed by atoms with E-state index in [9.17, 15) is 0 Å². The number of hydrogen-bond acceptors (Lipinski definition) is 5. The van der Waals surface area contributed by atoms with Crippen LogP contribution in [0.15, 0.2) is 91.0 Å². The van der Waals surface area contributed by atoms with Gasteiger partial charge in [-0.3, -0.25) is 0 Å². The van der Waals surface area contributed by atoms with Crippen LogP contribution in [0.1, 0.15) is 29.5 Å². The van der Waals surface area contributed by atoms with E-state index in [-0.39, 0.29) is 13.2 Å². The molecular formula is C27H34O4S. The first-order valence-electron chi connectivity index (χ1n) is 10.8. The van der Waals surface area contributed by atoms with Gasteiger partial charge in [-0.1, -0.05) is 91.0 Å². The lowest BCUT2D eigenvalue weighted by atomic mass is 10.2. The largest absolute Gasteiger partial charge is 0.392 e. The number of ether oxygens (including phenoxy) is 2. The molecule has 2 atom stereocenters. The second-order valence-corrected chi connectivity index (χ2v) is 8.75. The average Bonchev–Trinajstić information content (AvgIpc) is 3.34. The summed E-state index contributed by atoms with van der Waals surface area (Å²) in [6.07, 6.45) is 2.36. The quantitative estimate of drug-likeness (QED) is 0.499. The van der Waals surface area contributed by atoms with E-state index >= 15 is 0 Å². The lowest BCUT2D eigenvalue weighted by Crippen LogP contribution is -2.08. The van der Waals surface area contributed by atoms with Crippen LogP contribution in [0.4, 0.5) is 0 Å². The molecule has 0 aliphatic carbocycles. The fraction of sp³-hybridized carbons (Fsp3) is 0.333. The van der Waals surface area contributed by atoms with Gasteiger partial charge in [0.05, 0.1) is 26.4 Å². The van der Waals surface area contributed by atoms with Crippen molar-refractivity contribution in [3.8, 4) is 0 Å². The molecule has 3 aromatic carbocycles. The summed E-state index contributed by atoms with van der Waals surface area (Å²) in [7, 11) is 1.78. The Morgan fingerprint density at radius 2 is 1.19 bits per heavy atom. The second kappa shape index (κ2) is 16.5. The molecule has 1 aliphatic heterocycles. The minimum Gasteiger partial charge on any atom is -0.392 e. The number of benzene rings is 3. The summed E-state index contributed by atoms with van der Waals surface area (Å²) in [5, 5.41) is 17.7. The third-order valence-electron chi connectivity index (χ3n) is 4.80. The van der Waals surface area contributed by atoms with Crippen molar-refractivity contribution in [1.82, 2.24) is 0 Å². The zero-order chi connectivity index (χ0) is 22.9. The van der Waals surface area contributed by atoms with E-state index < -0.39 is 0 Å². The summed E-state index contributed by atoms with van der Waals surface area (Å²) in [5.74, 6) is 0. The van der Waals surface area contributed by atoms with Gasteiger partial charge in [0.25, 0.3) is 0 Å². The highest BCUT2D eigenvalue weighted by Gasteiger charge is 2.24. The molecule has 172 valence electrons. The first kappa shape index (κ1) is 26.1. The molecule has 1 aliphatic rings. The Bertz CT molecular complexity index is 775. The van der Waals surface area contributed by atoms with Crippen LogP contribution in [0.5, 0.6) is 0 Å². The maximum Gasteiger partial charge on any atom is 0.103 e. The Hall–Kier alpha value is -2.15. The van der Waals surface area contributed by atoms with E-state index in [1.54, 1.807) is 7.11 Å². The summed E-state index contributed by atoms with van der Waals surface area (Å²) in [6.45, 7) is 1.83. The van der Waals surface area contributed by atoms with Crippen molar-refractivity contribution in [2.45, 2.75) is 43.3 Å². The summed E-state index contributed by atoms with van der Waals surface area (Å²) < 4.78 is 11.0. The molecule has 4 rings (SSSR count). The van der Waals surface area contributed by atoms with E-state index in [1.807, 2.05) is 90.6 Å². The number of aliphatic hydroxyl groups excluding tert-OH is 2. The number of hydrogen-bond donors (Lipinski definition) is 2. The van der Waals surface area contributed by atoms with E-state index in [2.05, 4.69) is 12.1 Å². The minimum absolute atomic E-state index is 0.140. The Labute approximate surface area is 196 Å². The molecule has 0 spiro atoms. The third kappa shape index (κ3) is 10.9. The number of aliphatic hydroxyl groups is 2. The smallest absolute Gasteiger partial charge is 0.103 e. The van der Waals surface area contributed by atoms with Gasteiger partial charge in [-0.2, -0.15) is 0 Å². The van der Waals surface area contributed by atoms with Crippen LogP contribution in [0.2, 0.25) is 0 Å². The van der Waals surface area contributed by atoms with Gasteiger partial charge in [0.1, 0.15) is 5.44 Å². The molecule has 0 saturated carbocycles. The molecule has 1 heterocycles. The minimum atomic E-state index is 0.140. The lowest BCUT2D eigenvalue weighted by Gasteiger charge is -2.10. The van der Waals surface area contributed by atoms with Crippen LogP contribution < -0.4 is 0 Å². The monoisotopic (exact) mass is 454 g/mol. The van der Waals surface area contributed by atoms with Crippen molar-refractivity contribution < 1.29 is 19.7 Å². The molecule has 0 aromatic heterocycles. The molecule has 1 fully saturated rings. The average molecular weight is 455 g/mol. The second-order valence-electron chi connectivity index (χ2n) is 7.29. The molecule has 2 N–H and O–H groups in total. The Morgan fingerprint density at radius 1 is 0.719 bits per heavy atom. The predicted octanol–water partition coefficient (Wildman–Crippen LogP) is 5.43. The highest BCUT2D eigenvalue weighted by Crippen LogP contribution is 2.34. The van der Waals surface area contributed by atoms with Crippen molar-refractivity contribution in [2.75, 3.05) is 13.7 Å². The van der Waals surface area contributed by atoms with Gasteiger partial charge in [-0.25, -0.2) is 0 Å². The molecular weight excluding hydrogens is 420 g/mol. The first-order chi connectivity index (χ1) is 15.7. The van der Waals surface area contributed by atoms with Crippen LogP contribution in [-0.2, 0) is 29.3 Å². The highest BCUT2D eigenvalue weighted by molar-refractivity contribution is 8.00. The fourth-order valence-corrected chi connectivity index (χ4v) is 4.28. The lowest BCUT2D eigenvalue weighted by molar-refractivity contribution is 0.121. The summed E-state index contributed by atoms with van der Waals surface area (Å²) in [6, 6.07) is 29.4. The molecule has 5 heteroatoms. The van der Waals surface area contributed by atoms with Gasteiger partial charge in [0.2, 0.25) is 0 Å². The molecule has 0 radical (unpaired) electrons. The molecule has 2 unspecified atom stereocenters. The van der Waals surface area contributed by atoms with Gasteiger partial charge in [-0.15, -0.1) is 11.8 Å². The zero-order valence-corrected chi connectivity index (χ0v) is 19.5. The van der Waals surface area contributed by atoms with Gasteiger partial charge in [0, 0.05) is 12.4 Å². The molecule has 32 heavy (non-hydrogen) atoms. The van der Waals surface area contributed by atoms with Crippen molar-refractivity contribution in [2.24, 2.45) is 0 Å². The van der Waals surface area contributed by atoms with Crippen LogP contribution >= 0.6 is 11.8 Å². The van der Waals surface area contributed by atoms with Crippen LogP contribution in [-0.4, -0.2) is 34.6 Å². The van der Waals surface area contributed by atoms with Gasteiger partial charge in [0.15, 0.2) is 0 Å². The molecule has 4 nitrogen and oxygen atoms in total. The maximum atomic E-state index is 8.54. The maximum absolute atomic E-state index is 8.54. The predicted molar refractivity (Wildman–Crippen MR) is 132 cm³/mol. The number of methoxy groups -OCH3 is 1. The Balaban J connectivity index is 0.000000190. The molecule has 3 aromatic rings. The number of thioether (sulfide) groups is 1. The van der Waals surface area contributed by atoms with Crippen LogP contribution in [0, 0.1) is 0 Å².